The molecule has 0 saturated heterocycles. The Morgan fingerprint density at radius 2 is 1.95 bits per heavy atom. The number of nitrogens with one attached hydrogen (secondary N) is 1. The van der Waals surface area contributed by atoms with Crippen LogP contribution in [-0.2, 0) is 0 Å². The molecular formula is C15H17NO3S. The van der Waals surface area contributed by atoms with Gasteiger partial charge in [0.25, 0.3) is 5.91 Å². The molecule has 20 heavy (non-hydrogen) atoms. The summed E-state index contributed by atoms with van der Waals surface area (Å²) in [6, 6.07) is 7.32. The average molecular weight is 291 g/mol. The van der Waals surface area contributed by atoms with E-state index < -0.39 is 0 Å². The SMILES string of the molecule is COc1ccc(C(C)NC(=O)c2ccsc2)cc1OC. The molecule has 0 radical (unpaired) electrons. The maximum absolute atomic E-state index is 12.0. The van der Waals surface area contributed by atoms with Crippen LogP contribution in [0.25, 0.3) is 0 Å². The van der Waals surface area contributed by atoms with Crippen LogP contribution in [0.5, 0.6) is 11.5 Å². The second-order valence-corrected chi connectivity index (χ2v) is 5.10. The average Bonchev–Trinajstić information content (AvgIpc) is 3.00. The number of amides is 1. The lowest BCUT2D eigenvalue weighted by Gasteiger charge is -2.16. The summed E-state index contributed by atoms with van der Waals surface area (Å²) in [7, 11) is 3.19. The van der Waals surface area contributed by atoms with Crippen molar-refractivity contribution < 1.29 is 14.3 Å². The molecule has 1 amide bonds. The molecule has 1 atom stereocenters. The highest BCUT2D eigenvalue weighted by atomic mass is 32.1. The van der Waals surface area contributed by atoms with Gasteiger partial charge in [-0.3, -0.25) is 4.79 Å². The van der Waals surface area contributed by atoms with E-state index in [4.69, 9.17) is 9.47 Å². The fraction of sp³-hybridized carbons (Fsp3) is 0.267. The minimum Gasteiger partial charge on any atom is -0.493 e. The third kappa shape index (κ3) is 3.11. The third-order valence-electron chi connectivity index (χ3n) is 3.04. The fourth-order valence-corrected chi connectivity index (χ4v) is 2.52. The second kappa shape index (κ2) is 6.43. The summed E-state index contributed by atoms with van der Waals surface area (Å²) in [5.74, 6) is 1.25. The van der Waals surface area contributed by atoms with Crippen molar-refractivity contribution in [3.8, 4) is 11.5 Å². The van der Waals surface area contributed by atoms with E-state index >= 15 is 0 Å². The summed E-state index contributed by atoms with van der Waals surface area (Å²) in [5.41, 5.74) is 1.65. The number of rotatable bonds is 5. The lowest BCUT2D eigenvalue weighted by atomic mass is 10.1. The molecule has 0 aliphatic carbocycles. The molecule has 0 fully saturated rings. The molecule has 0 bridgehead atoms. The number of hydrogen-bond acceptors (Lipinski definition) is 4. The molecule has 4 nitrogen and oxygen atoms in total. The van der Waals surface area contributed by atoms with Crippen LogP contribution in [0.4, 0.5) is 0 Å². The number of carbonyl (C=O) groups is 1. The topological polar surface area (TPSA) is 47.6 Å². The summed E-state index contributed by atoms with van der Waals surface area (Å²) in [4.78, 5) is 12.0. The first-order valence-electron chi connectivity index (χ1n) is 6.20. The quantitative estimate of drug-likeness (QED) is 0.920. The Morgan fingerprint density at radius 3 is 2.55 bits per heavy atom. The predicted molar refractivity (Wildman–Crippen MR) is 79.7 cm³/mol. The summed E-state index contributed by atoms with van der Waals surface area (Å²) in [5, 5.41) is 6.67. The van der Waals surface area contributed by atoms with E-state index in [9.17, 15) is 4.79 Å². The Hall–Kier alpha value is -2.01. The van der Waals surface area contributed by atoms with Crippen molar-refractivity contribution in [3.05, 3.63) is 46.2 Å². The van der Waals surface area contributed by atoms with Gasteiger partial charge < -0.3 is 14.8 Å². The van der Waals surface area contributed by atoms with Crippen molar-refractivity contribution in [1.29, 1.82) is 0 Å². The van der Waals surface area contributed by atoms with Gasteiger partial charge in [-0.15, -0.1) is 0 Å². The van der Waals surface area contributed by atoms with Gasteiger partial charge in [-0.25, -0.2) is 0 Å². The minimum atomic E-state index is -0.109. The zero-order valence-electron chi connectivity index (χ0n) is 11.7. The van der Waals surface area contributed by atoms with Crippen molar-refractivity contribution in [1.82, 2.24) is 5.32 Å². The molecule has 1 unspecified atom stereocenters. The smallest absolute Gasteiger partial charge is 0.252 e. The van der Waals surface area contributed by atoms with Gasteiger partial charge in [0.1, 0.15) is 0 Å². The van der Waals surface area contributed by atoms with Crippen LogP contribution < -0.4 is 14.8 Å². The van der Waals surface area contributed by atoms with Crippen molar-refractivity contribution >= 4 is 17.2 Å². The summed E-state index contributed by atoms with van der Waals surface area (Å²) < 4.78 is 10.5. The van der Waals surface area contributed by atoms with E-state index in [1.165, 1.54) is 11.3 Å². The molecule has 0 saturated carbocycles. The molecule has 0 aliphatic rings. The van der Waals surface area contributed by atoms with Gasteiger partial charge >= 0.3 is 0 Å². The summed E-state index contributed by atoms with van der Waals surface area (Å²) in [6.45, 7) is 1.94. The first-order valence-corrected chi connectivity index (χ1v) is 7.15. The zero-order chi connectivity index (χ0) is 14.5. The largest absolute Gasteiger partial charge is 0.493 e. The predicted octanol–water partition coefficient (Wildman–Crippen LogP) is 3.26. The van der Waals surface area contributed by atoms with Crippen LogP contribution in [0.3, 0.4) is 0 Å². The Kier molecular flexibility index (Phi) is 4.63. The van der Waals surface area contributed by atoms with Crippen molar-refractivity contribution in [2.45, 2.75) is 13.0 Å². The molecule has 106 valence electrons. The van der Waals surface area contributed by atoms with Crippen LogP contribution >= 0.6 is 11.3 Å². The van der Waals surface area contributed by atoms with E-state index in [2.05, 4.69) is 5.32 Å². The molecule has 1 aromatic carbocycles. The minimum absolute atomic E-state index is 0.0754. The number of benzene rings is 1. The van der Waals surface area contributed by atoms with Gasteiger partial charge in [0, 0.05) is 5.38 Å². The molecule has 2 rings (SSSR count). The number of hydrogen-bond donors (Lipinski definition) is 1. The van der Waals surface area contributed by atoms with Gasteiger partial charge in [0.15, 0.2) is 11.5 Å². The zero-order valence-corrected chi connectivity index (χ0v) is 12.5. The standard InChI is InChI=1S/C15H17NO3S/c1-10(16-15(17)12-6-7-20-9-12)11-4-5-13(18-2)14(8-11)19-3/h4-10H,1-3H3,(H,16,17). The van der Waals surface area contributed by atoms with E-state index in [1.54, 1.807) is 20.3 Å². The van der Waals surface area contributed by atoms with E-state index in [0.717, 1.165) is 5.56 Å². The first kappa shape index (κ1) is 14.4. The number of thiophene rings is 1. The lowest BCUT2D eigenvalue weighted by molar-refractivity contribution is 0.0940. The molecule has 5 heteroatoms. The van der Waals surface area contributed by atoms with Crippen molar-refractivity contribution in [2.24, 2.45) is 0 Å². The molecule has 0 aliphatic heterocycles. The second-order valence-electron chi connectivity index (χ2n) is 4.32. The molecular weight excluding hydrogens is 274 g/mol. The Morgan fingerprint density at radius 1 is 1.20 bits per heavy atom. The van der Waals surface area contributed by atoms with E-state index in [1.807, 2.05) is 35.9 Å². The lowest BCUT2D eigenvalue weighted by Crippen LogP contribution is -2.26. The van der Waals surface area contributed by atoms with Crippen LogP contribution in [-0.4, -0.2) is 20.1 Å². The molecule has 0 spiro atoms. The van der Waals surface area contributed by atoms with Crippen molar-refractivity contribution in [2.75, 3.05) is 14.2 Å². The summed E-state index contributed by atoms with van der Waals surface area (Å²) in [6.07, 6.45) is 0. The van der Waals surface area contributed by atoms with Gasteiger partial charge in [0.05, 0.1) is 25.8 Å². The van der Waals surface area contributed by atoms with Crippen molar-refractivity contribution in [3.63, 3.8) is 0 Å². The molecule has 1 N–H and O–H groups in total. The van der Waals surface area contributed by atoms with Crippen LogP contribution in [0, 0.1) is 0 Å². The van der Waals surface area contributed by atoms with Crippen LogP contribution in [0.1, 0.15) is 28.9 Å². The number of ether oxygens (including phenoxy) is 2. The monoisotopic (exact) mass is 291 g/mol. The van der Waals surface area contributed by atoms with Crippen LogP contribution in [0.2, 0.25) is 0 Å². The Balaban J connectivity index is 2.13. The Bertz CT molecular complexity index is 581. The highest BCUT2D eigenvalue weighted by Gasteiger charge is 2.14. The summed E-state index contributed by atoms with van der Waals surface area (Å²) >= 11 is 1.50. The van der Waals surface area contributed by atoms with Gasteiger partial charge in [-0.1, -0.05) is 6.07 Å². The third-order valence-corrected chi connectivity index (χ3v) is 3.72. The fourth-order valence-electron chi connectivity index (χ4n) is 1.88. The van der Waals surface area contributed by atoms with E-state index in [0.29, 0.717) is 17.1 Å². The molecule has 1 heterocycles. The maximum Gasteiger partial charge on any atom is 0.252 e. The first-order chi connectivity index (χ1) is 9.65. The maximum atomic E-state index is 12.0. The van der Waals surface area contributed by atoms with Gasteiger partial charge in [-0.05, 0) is 36.1 Å². The highest BCUT2D eigenvalue weighted by Crippen LogP contribution is 2.29. The van der Waals surface area contributed by atoms with Crippen LogP contribution in [0.15, 0.2) is 35.0 Å². The Labute approximate surface area is 122 Å². The molecule has 2 aromatic rings. The molecule has 1 aromatic heterocycles. The van der Waals surface area contributed by atoms with Gasteiger partial charge in [0.2, 0.25) is 0 Å². The van der Waals surface area contributed by atoms with Gasteiger partial charge in [-0.2, -0.15) is 11.3 Å². The number of carbonyl (C=O) groups excluding carboxylic acids is 1. The number of methoxy groups -OCH3 is 2. The van der Waals surface area contributed by atoms with E-state index in [-0.39, 0.29) is 11.9 Å². The normalized spacial score (nSPS) is 11.8. The highest BCUT2D eigenvalue weighted by molar-refractivity contribution is 7.08.